The Morgan fingerprint density at radius 2 is 1.69 bits per heavy atom. The molecule has 0 radical (unpaired) electrons. The van der Waals surface area contributed by atoms with Crippen LogP contribution in [0.15, 0.2) is 66.7 Å². The van der Waals surface area contributed by atoms with E-state index in [1.54, 1.807) is 25.3 Å². The maximum Gasteiger partial charge on any atom is 0.220 e. The highest BCUT2D eigenvalue weighted by Gasteiger charge is 2.18. The van der Waals surface area contributed by atoms with Crippen LogP contribution in [-0.4, -0.2) is 22.2 Å². The van der Waals surface area contributed by atoms with Crippen LogP contribution in [0.4, 0.5) is 5.95 Å². The van der Waals surface area contributed by atoms with Gasteiger partial charge in [0.15, 0.2) is 0 Å². The molecular weight excluding hydrogens is 426 g/mol. The second-order valence-electron chi connectivity index (χ2n) is 7.18. The fourth-order valence-corrected chi connectivity index (χ4v) is 3.66. The molecule has 0 fully saturated rings. The normalized spacial score (nSPS) is 10.7. The van der Waals surface area contributed by atoms with Gasteiger partial charge in [0.1, 0.15) is 23.9 Å². The number of aromatic nitrogens is 2. The monoisotopic (exact) mass is 447 g/mol. The maximum atomic E-state index is 10.8. The van der Waals surface area contributed by atoms with Crippen LogP contribution >= 0.6 is 11.6 Å². The van der Waals surface area contributed by atoms with E-state index in [9.17, 15) is 5.11 Å². The van der Waals surface area contributed by atoms with E-state index in [0.717, 1.165) is 22.4 Å². The van der Waals surface area contributed by atoms with Crippen LogP contribution in [0.3, 0.4) is 0 Å². The van der Waals surface area contributed by atoms with Gasteiger partial charge in [-0.2, -0.15) is 0 Å². The molecule has 0 saturated carbocycles. The zero-order valence-corrected chi connectivity index (χ0v) is 18.4. The van der Waals surface area contributed by atoms with Gasteiger partial charge in [-0.1, -0.05) is 41.9 Å². The van der Waals surface area contributed by atoms with E-state index in [1.807, 2.05) is 55.5 Å². The van der Waals surface area contributed by atoms with Gasteiger partial charge in [-0.3, -0.25) is 0 Å². The standard InChI is InChI=1S/C25H22ClN3O3/c1-15-23(16-7-9-18(31-2)10-8-16)24(29-25(27)28-15)20-12-11-19(13-22(20)30)32-14-17-5-3-4-6-21(17)26/h3-13,30H,14H2,1-2H3,(H2,27,28,29). The number of rotatable bonds is 6. The smallest absolute Gasteiger partial charge is 0.220 e. The number of nitrogen functional groups attached to an aromatic ring is 1. The van der Waals surface area contributed by atoms with Crippen LogP contribution < -0.4 is 15.2 Å². The van der Waals surface area contributed by atoms with Gasteiger partial charge in [-0.15, -0.1) is 0 Å². The minimum absolute atomic E-state index is 0.0221. The minimum Gasteiger partial charge on any atom is -0.507 e. The number of phenols is 1. The molecule has 0 atom stereocenters. The topological polar surface area (TPSA) is 90.5 Å². The lowest BCUT2D eigenvalue weighted by Gasteiger charge is -2.15. The lowest BCUT2D eigenvalue weighted by atomic mass is 9.97. The molecule has 0 aliphatic carbocycles. The largest absolute Gasteiger partial charge is 0.507 e. The quantitative estimate of drug-likeness (QED) is 0.397. The molecule has 4 rings (SSSR count). The average molecular weight is 448 g/mol. The number of ether oxygens (including phenoxy) is 2. The average Bonchev–Trinajstić information content (AvgIpc) is 2.78. The first-order chi connectivity index (χ1) is 15.5. The third-order valence-electron chi connectivity index (χ3n) is 5.06. The van der Waals surface area contributed by atoms with Crippen molar-refractivity contribution in [1.82, 2.24) is 9.97 Å². The summed E-state index contributed by atoms with van der Waals surface area (Å²) in [4.78, 5) is 8.75. The molecule has 0 unspecified atom stereocenters. The van der Waals surface area contributed by atoms with Crippen LogP contribution in [0.2, 0.25) is 5.02 Å². The van der Waals surface area contributed by atoms with E-state index < -0.39 is 0 Å². The van der Waals surface area contributed by atoms with Crippen molar-refractivity contribution >= 4 is 17.5 Å². The number of halogens is 1. The highest BCUT2D eigenvalue weighted by molar-refractivity contribution is 6.31. The molecule has 3 aromatic carbocycles. The van der Waals surface area contributed by atoms with Gasteiger partial charge in [0.2, 0.25) is 5.95 Å². The van der Waals surface area contributed by atoms with Gasteiger partial charge in [0.05, 0.1) is 18.5 Å². The van der Waals surface area contributed by atoms with E-state index in [4.69, 9.17) is 26.8 Å². The van der Waals surface area contributed by atoms with Crippen LogP contribution in [-0.2, 0) is 6.61 Å². The highest BCUT2D eigenvalue weighted by atomic mass is 35.5. The van der Waals surface area contributed by atoms with Crippen molar-refractivity contribution in [2.45, 2.75) is 13.5 Å². The molecule has 1 heterocycles. The summed E-state index contributed by atoms with van der Waals surface area (Å²) in [5, 5.41) is 11.4. The number of hydrogen-bond acceptors (Lipinski definition) is 6. The van der Waals surface area contributed by atoms with E-state index in [0.29, 0.717) is 27.7 Å². The van der Waals surface area contributed by atoms with Crippen molar-refractivity contribution in [2.24, 2.45) is 0 Å². The highest BCUT2D eigenvalue weighted by Crippen LogP contribution is 2.39. The number of phenolic OH excluding ortho intramolecular Hbond substituents is 1. The summed E-state index contributed by atoms with van der Waals surface area (Å²) in [6.07, 6.45) is 0. The number of aryl methyl sites for hydroxylation is 1. The Balaban J connectivity index is 1.69. The third-order valence-corrected chi connectivity index (χ3v) is 5.43. The van der Waals surface area contributed by atoms with Crippen molar-refractivity contribution < 1.29 is 14.6 Å². The molecule has 32 heavy (non-hydrogen) atoms. The molecule has 0 bridgehead atoms. The molecule has 0 spiro atoms. The van der Waals surface area contributed by atoms with Crippen molar-refractivity contribution in [1.29, 1.82) is 0 Å². The number of benzene rings is 3. The van der Waals surface area contributed by atoms with Gasteiger partial charge in [-0.05, 0) is 42.8 Å². The van der Waals surface area contributed by atoms with Crippen molar-refractivity contribution in [3.05, 3.63) is 83.0 Å². The number of hydrogen-bond donors (Lipinski definition) is 2. The molecule has 0 aliphatic heterocycles. The van der Waals surface area contributed by atoms with Crippen LogP contribution in [0.5, 0.6) is 17.2 Å². The van der Waals surface area contributed by atoms with Crippen LogP contribution in [0.1, 0.15) is 11.3 Å². The summed E-state index contributed by atoms with van der Waals surface area (Å²) in [6.45, 7) is 2.15. The van der Waals surface area contributed by atoms with Crippen molar-refractivity contribution in [3.8, 4) is 39.6 Å². The first-order valence-corrected chi connectivity index (χ1v) is 10.3. The molecule has 0 amide bonds. The Morgan fingerprint density at radius 1 is 0.969 bits per heavy atom. The van der Waals surface area contributed by atoms with Crippen molar-refractivity contribution in [3.63, 3.8) is 0 Å². The Labute approximate surface area is 191 Å². The fourth-order valence-electron chi connectivity index (χ4n) is 3.47. The summed E-state index contributed by atoms with van der Waals surface area (Å²) >= 11 is 6.19. The number of anilines is 1. The second-order valence-corrected chi connectivity index (χ2v) is 7.59. The Bertz CT molecular complexity index is 1260. The lowest BCUT2D eigenvalue weighted by Crippen LogP contribution is -2.03. The van der Waals surface area contributed by atoms with Crippen LogP contribution in [0.25, 0.3) is 22.4 Å². The van der Waals surface area contributed by atoms with Crippen LogP contribution in [0, 0.1) is 6.92 Å². The molecule has 3 N–H and O–H groups in total. The van der Waals surface area contributed by atoms with E-state index >= 15 is 0 Å². The molecule has 1 aromatic heterocycles. The summed E-state index contributed by atoms with van der Waals surface area (Å²) in [5.74, 6) is 1.41. The van der Waals surface area contributed by atoms with Gasteiger partial charge < -0.3 is 20.3 Å². The van der Waals surface area contributed by atoms with E-state index in [-0.39, 0.29) is 18.3 Å². The zero-order valence-electron chi connectivity index (χ0n) is 17.7. The SMILES string of the molecule is COc1ccc(-c2c(C)nc(N)nc2-c2ccc(OCc3ccccc3Cl)cc2O)cc1. The Kier molecular flexibility index (Phi) is 6.14. The summed E-state index contributed by atoms with van der Waals surface area (Å²) in [6, 6.07) is 20.1. The van der Waals surface area contributed by atoms with Gasteiger partial charge in [0.25, 0.3) is 0 Å². The first kappa shape index (κ1) is 21.5. The predicted octanol–water partition coefficient (Wildman–Crippen LogP) is 5.65. The lowest BCUT2D eigenvalue weighted by molar-refractivity contribution is 0.304. The molecule has 6 nitrogen and oxygen atoms in total. The second kappa shape index (κ2) is 9.16. The number of methoxy groups -OCH3 is 1. The molecule has 4 aromatic rings. The molecule has 7 heteroatoms. The third kappa shape index (κ3) is 4.45. The Hall–Kier alpha value is -3.77. The number of nitrogens with two attached hydrogens (primary N) is 1. The van der Waals surface area contributed by atoms with Gasteiger partial charge in [0, 0.05) is 27.8 Å². The fraction of sp³-hybridized carbons (Fsp3) is 0.120. The van der Waals surface area contributed by atoms with Gasteiger partial charge >= 0.3 is 0 Å². The molecule has 0 saturated heterocycles. The molecular formula is C25H22ClN3O3. The maximum absolute atomic E-state index is 10.8. The van der Waals surface area contributed by atoms with Crippen molar-refractivity contribution in [2.75, 3.05) is 12.8 Å². The summed E-state index contributed by atoms with van der Waals surface area (Å²) in [5.41, 5.74) is 10.2. The number of aromatic hydroxyl groups is 1. The summed E-state index contributed by atoms with van der Waals surface area (Å²) in [7, 11) is 1.62. The minimum atomic E-state index is 0.0221. The zero-order chi connectivity index (χ0) is 22.7. The number of nitrogens with zero attached hydrogens (tertiary/aromatic N) is 2. The van der Waals surface area contributed by atoms with E-state index in [2.05, 4.69) is 9.97 Å². The summed E-state index contributed by atoms with van der Waals surface area (Å²) < 4.78 is 11.1. The van der Waals surface area contributed by atoms with Gasteiger partial charge in [-0.25, -0.2) is 9.97 Å². The predicted molar refractivity (Wildman–Crippen MR) is 126 cm³/mol. The van der Waals surface area contributed by atoms with E-state index in [1.165, 1.54) is 0 Å². The molecule has 0 aliphatic rings. The Morgan fingerprint density at radius 3 is 2.38 bits per heavy atom. The molecule has 162 valence electrons. The first-order valence-electron chi connectivity index (χ1n) is 9.94.